The average molecular weight is 394 g/mol. The van der Waals surface area contributed by atoms with Gasteiger partial charge in [-0.25, -0.2) is 0 Å². The van der Waals surface area contributed by atoms with Gasteiger partial charge in [0.15, 0.2) is 5.82 Å². The Morgan fingerprint density at radius 2 is 1.96 bits per heavy atom. The molecule has 0 spiro atoms. The second kappa shape index (κ2) is 8.79. The minimum absolute atomic E-state index is 0.0930. The van der Waals surface area contributed by atoms with E-state index < -0.39 is 6.61 Å². The summed E-state index contributed by atoms with van der Waals surface area (Å²) in [5.41, 5.74) is 0.0930. The summed E-state index contributed by atoms with van der Waals surface area (Å²) in [6.07, 6.45) is 0. The summed E-state index contributed by atoms with van der Waals surface area (Å²) in [5, 5.41) is 6.34. The summed E-state index contributed by atoms with van der Waals surface area (Å²) < 4.78 is 34.4. The lowest BCUT2D eigenvalue weighted by Crippen LogP contribution is -2.50. The third-order valence-electron chi connectivity index (χ3n) is 4.26. The Morgan fingerprint density at radius 3 is 2.61 bits per heavy atom. The van der Waals surface area contributed by atoms with E-state index in [-0.39, 0.29) is 29.7 Å². The van der Waals surface area contributed by atoms with Crippen LogP contribution in [0.1, 0.15) is 16.1 Å². The van der Waals surface area contributed by atoms with Crippen molar-refractivity contribution in [2.45, 2.75) is 13.5 Å². The van der Waals surface area contributed by atoms with Gasteiger partial charge in [0, 0.05) is 32.2 Å². The normalized spacial score (nSPS) is 14.9. The smallest absolute Gasteiger partial charge is 0.387 e. The van der Waals surface area contributed by atoms with Crippen molar-refractivity contribution in [1.82, 2.24) is 15.0 Å². The van der Waals surface area contributed by atoms with Gasteiger partial charge in [-0.2, -0.15) is 8.78 Å². The van der Waals surface area contributed by atoms with Crippen LogP contribution in [0.4, 0.5) is 14.6 Å². The van der Waals surface area contributed by atoms with E-state index in [0.29, 0.717) is 37.8 Å². The molecule has 1 N–H and O–H groups in total. The lowest BCUT2D eigenvalue weighted by atomic mass is 10.1. The van der Waals surface area contributed by atoms with Gasteiger partial charge in [-0.1, -0.05) is 17.3 Å². The Kier molecular flexibility index (Phi) is 6.19. The first-order chi connectivity index (χ1) is 13.4. The fourth-order valence-corrected chi connectivity index (χ4v) is 2.93. The van der Waals surface area contributed by atoms with E-state index in [9.17, 15) is 18.4 Å². The maximum absolute atomic E-state index is 12.7. The quantitative estimate of drug-likeness (QED) is 0.806. The van der Waals surface area contributed by atoms with E-state index in [1.54, 1.807) is 24.0 Å². The molecule has 1 fully saturated rings. The average Bonchev–Trinajstić information content (AvgIpc) is 3.06. The Balaban J connectivity index is 1.52. The number of aromatic nitrogens is 1. The molecule has 2 aromatic rings. The first-order valence-electron chi connectivity index (χ1n) is 8.71. The number of nitrogens with one attached hydrogen (secondary N) is 1. The molecule has 1 aliphatic heterocycles. The van der Waals surface area contributed by atoms with Gasteiger partial charge in [0.05, 0.1) is 12.1 Å². The number of aryl methyl sites for hydroxylation is 1. The molecule has 0 saturated carbocycles. The minimum atomic E-state index is -3.00. The molecule has 0 atom stereocenters. The maximum Gasteiger partial charge on any atom is 0.387 e. The molecule has 28 heavy (non-hydrogen) atoms. The molecule has 10 heteroatoms. The number of hydrogen-bond donors (Lipinski definition) is 1. The Hall–Kier alpha value is -3.01. The largest absolute Gasteiger partial charge is 0.434 e. The summed E-state index contributed by atoms with van der Waals surface area (Å²) in [5.74, 6) is 0.194. The van der Waals surface area contributed by atoms with Crippen LogP contribution in [0.15, 0.2) is 34.9 Å². The lowest BCUT2D eigenvalue weighted by Gasteiger charge is -2.34. The lowest BCUT2D eigenvalue weighted by molar-refractivity contribution is -0.117. The molecule has 0 aliphatic carbocycles. The number of ether oxygens (including phenoxy) is 1. The van der Waals surface area contributed by atoms with Crippen molar-refractivity contribution in [1.29, 1.82) is 0 Å². The van der Waals surface area contributed by atoms with Crippen molar-refractivity contribution in [3.63, 3.8) is 0 Å². The number of para-hydroxylation sites is 1. The predicted octanol–water partition coefficient (Wildman–Crippen LogP) is 1.98. The molecule has 1 saturated heterocycles. The van der Waals surface area contributed by atoms with Crippen molar-refractivity contribution < 1.29 is 27.6 Å². The second-order valence-electron chi connectivity index (χ2n) is 6.31. The molecule has 8 nitrogen and oxygen atoms in total. The highest BCUT2D eigenvalue weighted by atomic mass is 19.3. The summed E-state index contributed by atoms with van der Waals surface area (Å²) >= 11 is 0. The topological polar surface area (TPSA) is 87.9 Å². The van der Waals surface area contributed by atoms with Crippen LogP contribution in [0.25, 0.3) is 0 Å². The molecule has 1 aromatic heterocycles. The van der Waals surface area contributed by atoms with Crippen molar-refractivity contribution >= 4 is 17.6 Å². The van der Waals surface area contributed by atoms with E-state index in [1.807, 2.05) is 4.90 Å². The van der Waals surface area contributed by atoms with Crippen LogP contribution in [0.3, 0.4) is 0 Å². The summed E-state index contributed by atoms with van der Waals surface area (Å²) in [4.78, 5) is 28.2. The molecule has 150 valence electrons. The van der Waals surface area contributed by atoms with Crippen LogP contribution in [0.5, 0.6) is 5.75 Å². The highest BCUT2D eigenvalue weighted by Gasteiger charge is 2.26. The van der Waals surface area contributed by atoms with Gasteiger partial charge in [0.25, 0.3) is 5.91 Å². The molecular formula is C18H20F2N4O4. The first kappa shape index (κ1) is 19.7. The highest BCUT2D eigenvalue weighted by Crippen LogP contribution is 2.22. The molecule has 1 aromatic carbocycles. The number of carbonyl (C=O) groups excluding carboxylic acids is 2. The fourth-order valence-electron chi connectivity index (χ4n) is 2.93. The summed E-state index contributed by atoms with van der Waals surface area (Å²) in [6.45, 7) is 0.584. The maximum atomic E-state index is 12.7. The van der Waals surface area contributed by atoms with Crippen molar-refractivity contribution in [3.8, 4) is 5.75 Å². The number of amides is 2. The number of rotatable bonds is 6. The van der Waals surface area contributed by atoms with E-state index in [0.717, 1.165) is 0 Å². The molecule has 2 heterocycles. The van der Waals surface area contributed by atoms with E-state index >= 15 is 0 Å². The number of carbonyl (C=O) groups is 2. The fraction of sp³-hybridized carbons (Fsp3) is 0.389. The first-order valence-corrected chi connectivity index (χ1v) is 8.71. The summed E-state index contributed by atoms with van der Waals surface area (Å²) in [6, 6.07) is 7.54. The number of nitrogens with zero attached hydrogens (tertiary/aromatic N) is 3. The molecule has 1 aliphatic rings. The van der Waals surface area contributed by atoms with Crippen molar-refractivity contribution in [3.05, 3.63) is 41.7 Å². The van der Waals surface area contributed by atoms with Crippen molar-refractivity contribution in [2.24, 2.45) is 0 Å². The standard InChI is InChI=1S/C18H20F2N4O4/c1-12-10-15(22-28-12)21-16(25)11-23-6-8-24(9-7-23)17(26)13-4-2-3-5-14(13)27-18(19)20/h2-5,10,18H,6-9,11H2,1H3,(H,21,22,25). The molecule has 0 unspecified atom stereocenters. The van der Waals surface area contributed by atoms with Gasteiger partial charge in [-0.15, -0.1) is 0 Å². The third kappa shape index (κ3) is 5.03. The van der Waals surface area contributed by atoms with Gasteiger partial charge < -0.3 is 19.5 Å². The molecule has 3 rings (SSSR count). The van der Waals surface area contributed by atoms with E-state index in [4.69, 9.17) is 4.52 Å². The second-order valence-corrected chi connectivity index (χ2v) is 6.31. The zero-order chi connectivity index (χ0) is 20.1. The Bertz CT molecular complexity index is 834. The van der Waals surface area contributed by atoms with Gasteiger partial charge in [-0.05, 0) is 19.1 Å². The van der Waals surface area contributed by atoms with Crippen LogP contribution in [0, 0.1) is 6.92 Å². The number of piperazine rings is 1. The van der Waals surface area contributed by atoms with Crippen LogP contribution in [-0.2, 0) is 4.79 Å². The Labute approximate surface area is 160 Å². The number of benzene rings is 1. The number of hydrogen-bond acceptors (Lipinski definition) is 6. The van der Waals surface area contributed by atoms with Crippen LogP contribution >= 0.6 is 0 Å². The molecule has 0 bridgehead atoms. The van der Waals surface area contributed by atoms with Gasteiger partial charge >= 0.3 is 6.61 Å². The number of anilines is 1. The van der Waals surface area contributed by atoms with Gasteiger partial charge in [0.2, 0.25) is 5.91 Å². The van der Waals surface area contributed by atoms with Gasteiger partial charge in [0.1, 0.15) is 11.5 Å². The zero-order valence-electron chi connectivity index (χ0n) is 15.2. The summed E-state index contributed by atoms with van der Waals surface area (Å²) in [7, 11) is 0. The van der Waals surface area contributed by atoms with Crippen LogP contribution in [0.2, 0.25) is 0 Å². The Morgan fingerprint density at radius 1 is 1.25 bits per heavy atom. The SMILES string of the molecule is Cc1cc(NC(=O)CN2CCN(C(=O)c3ccccc3OC(F)F)CC2)no1. The van der Waals surface area contributed by atoms with E-state index in [1.165, 1.54) is 18.2 Å². The van der Waals surface area contributed by atoms with Gasteiger partial charge in [-0.3, -0.25) is 14.5 Å². The van der Waals surface area contributed by atoms with Crippen LogP contribution < -0.4 is 10.1 Å². The monoisotopic (exact) mass is 394 g/mol. The molecule has 2 amide bonds. The molecule has 0 radical (unpaired) electrons. The van der Waals surface area contributed by atoms with Crippen molar-refractivity contribution in [2.75, 3.05) is 38.0 Å². The van der Waals surface area contributed by atoms with E-state index in [2.05, 4.69) is 15.2 Å². The number of alkyl halides is 2. The highest BCUT2D eigenvalue weighted by molar-refractivity contribution is 5.97. The predicted molar refractivity (Wildman–Crippen MR) is 95.3 cm³/mol. The van der Waals surface area contributed by atoms with Crippen LogP contribution in [-0.4, -0.2) is 66.1 Å². The molecular weight excluding hydrogens is 374 g/mol. The number of halogens is 2. The zero-order valence-corrected chi connectivity index (χ0v) is 15.2. The third-order valence-corrected chi connectivity index (χ3v) is 4.26. The minimum Gasteiger partial charge on any atom is -0.434 e.